The van der Waals surface area contributed by atoms with E-state index < -0.39 is 0 Å². The van der Waals surface area contributed by atoms with Gasteiger partial charge < -0.3 is 5.32 Å². The molecule has 1 aromatic heterocycles. The van der Waals surface area contributed by atoms with Crippen molar-refractivity contribution in [3.05, 3.63) is 57.0 Å². The summed E-state index contributed by atoms with van der Waals surface area (Å²) in [5.74, 6) is -0.133. The maximum absolute atomic E-state index is 13.6. The third-order valence-corrected chi connectivity index (χ3v) is 4.69. The summed E-state index contributed by atoms with van der Waals surface area (Å²) in [6.45, 7) is 8.14. The van der Waals surface area contributed by atoms with Gasteiger partial charge in [-0.15, -0.1) is 11.3 Å². The molecule has 1 N–H and O–H groups in total. The van der Waals surface area contributed by atoms with E-state index in [1.54, 1.807) is 24.3 Å². The highest BCUT2D eigenvalue weighted by Crippen LogP contribution is 2.26. The second-order valence-electron chi connectivity index (χ2n) is 5.09. The highest BCUT2D eigenvalue weighted by Gasteiger charge is 2.14. The first-order chi connectivity index (χ1) is 8.99. The van der Waals surface area contributed by atoms with Crippen LogP contribution in [0.15, 0.2) is 29.6 Å². The molecular formula is C16H20FNS. The lowest BCUT2D eigenvalue weighted by Crippen LogP contribution is -2.22. The molecule has 2 aromatic rings. The van der Waals surface area contributed by atoms with E-state index in [0.717, 1.165) is 5.56 Å². The number of aryl methyl sites for hydroxylation is 2. The number of benzene rings is 1. The molecule has 2 rings (SSSR count). The number of nitrogens with one attached hydrogen (secondary N) is 1. The van der Waals surface area contributed by atoms with Crippen molar-refractivity contribution in [1.29, 1.82) is 0 Å². The molecule has 0 aliphatic carbocycles. The lowest BCUT2D eigenvalue weighted by molar-refractivity contribution is 0.495. The Labute approximate surface area is 118 Å². The standard InChI is InChI=1S/C16H20FNS/c1-10-5-6-14(9-15(10)17)12(3)18-13(4)16-11(2)7-8-19-16/h5-9,12-13,18H,1-4H3. The molecular weight excluding hydrogens is 257 g/mol. The molecule has 0 radical (unpaired) electrons. The average Bonchev–Trinajstić information content (AvgIpc) is 2.79. The van der Waals surface area contributed by atoms with Gasteiger partial charge in [0.1, 0.15) is 5.82 Å². The van der Waals surface area contributed by atoms with Gasteiger partial charge in [-0.2, -0.15) is 0 Å². The van der Waals surface area contributed by atoms with Crippen LogP contribution in [-0.4, -0.2) is 0 Å². The van der Waals surface area contributed by atoms with E-state index >= 15 is 0 Å². The number of hydrogen-bond acceptors (Lipinski definition) is 2. The van der Waals surface area contributed by atoms with Crippen molar-refractivity contribution in [3.63, 3.8) is 0 Å². The molecule has 2 atom stereocenters. The Morgan fingerprint density at radius 1 is 1.05 bits per heavy atom. The summed E-state index contributed by atoms with van der Waals surface area (Å²) in [5.41, 5.74) is 2.99. The molecule has 102 valence electrons. The fourth-order valence-electron chi connectivity index (χ4n) is 2.25. The van der Waals surface area contributed by atoms with Gasteiger partial charge in [0, 0.05) is 17.0 Å². The second kappa shape index (κ2) is 5.85. The van der Waals surface area contributed by atoms with E-state index in [9.17, 15) is 4.39 Å². The van der Waals surface area contributed by atoms with Crippen molar-refractivity contribution in [3.8, 4) is 0 Å². The summed E-state index contributed by atoms with van der Waals surface area (Å²) in [6, 6.07) is 7.99. The van der Waals surface area contributed by atoms with Crippen molar-refractivity contribution >= 4 is 11.3 Å². The van der Waals surface area contributed by atoms with Gasteiger partial charge in [-0.3, -0.25) is 0 Å². The smallest absolute Gasteiger partial charge is 0.126 e. The van der Waals surface area contributed by atoms with Crippen LogP contribution >= 0.6 is 11.3 Å². The van der Waals surface area contributed by atoms with Crippen LogP contribution in [0, 0.1) is 19.7 Å². The van der Waals surface area contributed by atoms with Crippen LogP contribution in [0.25, 0.3) is 0 Å². The minimum atomic E-state index is -0.133. The molecule has 3 heteroatoms. The Bertz CT molecular complexity index is 562. The molecule has 0 aliphatic heterocycles. The Morgan fingerprint density at radius 3 is 2.37 bits per heavy atom. The molecule has 0 aliphatic rings. The quantitative estimate of drug-likeness (QED) is 0.836. The molecule has 2 unspecified atom stereocenters. The lowest BCUT2D eigenvalue weighted by Gasteiger charge is -2.20. The Kier molecular flexibility index (Phi) is 4.38. The summed E-state index contributed by atoms with van der Waals surface area (Å²) < 4.78 is 13.6. The van der Waals surface area contributed by atoms with E-state index in [1.807, 2.05) is 12.1 Å². The summed E-state index contributed by atoms with van der Waals surface area (Å²) in [4.78, 5) is 1.35. The summed E-state index contributed by atoms with van der Waals surface area (Å²) >= 11 is 1.76. The van der Waals surface area contributed by atoms with Gasteiger partial charge in [-0.05, 0) is 61.9 Å². The van der Waals surface area contributed by atoms with Gasteiger partial charge in [0.05, 0.1) is 0 Å². The van der Waals surface area contributed by atoms with Crippen LogP contribution in [0.1, 0.15) is 47.5 Å². The fraction of sp³-hybridized carbons (Fsp3) is 0.375. The van der Waals surface area contributed by atoms with Crippen LogP contribution in [0.5, 0.6) is 0 Å². The predicted octanol–water partition coefficient (Wildman–Crippen LogP) is 4.92. The number of rotatable bonds is 4. The fourth-order valence-corrected chi connectivity index (χ4v) is 3.20. The normalized spacial score (nSPS) is 14.4. The third-order valence-electron chi connectivity index (χ3n) is 3.49. The molecule has 0 bridgehead atoms. The first-order valence-corrected chi connectivity index (χ1v) is 7.43. The van der Waals surface area contributed by atoms with Crippen molar-refractivity contribution < 1.29 is 4.39 Å². The van der Waals surface area contributed by atoms with Crippen molar-refractivity contribution in [2.75, 3.05) is 0 Å². The zero-order valence-electron chi connectivity index (χ0n) is 11.8. The minimum Gasteiger partial charge on any atom is -0.303 e. The zero-order chi connectivity index (χ0) is 14.0. The van der Waals surface area contributed by atoms with Crippen LogP contribution in [0.2, 0.25) is 0 Å². The van der Waals surface area contributed by atoms with Crippen LogP contribution < -0.4 is 5.32 Å². The van der Waals surface area contributed by atoms with Gasteiger partial charge in [-0.1, -0.05) is 12.1 Å². The molecule has 1 nitrogen and oxygen atoms in total. The highest BCUT2D eigenvalue weighted by atomic mass is 32.1. The van der Waals surface area contributed by atoms with Crippen molar-refractivity contribution in [1.82, 2.24) is 5.32 Å². The number of hydrogen-bond donors (Lipinski definition) is 1. The molecule has 0 saturated carbocycles. The van der Waals surface area contributed by atoms with Crippen LogP contribution in [0.3, 0.4) is 0 Å². The SMILES string of the molecule is Cc1ccc(C(C)NC(C)c2sccc2C)cc1F. The van der Waals surface area contributed by atoms with E-state index in [1.165, 1.54) is 10.4 Å². The first-order valence-electron chi connectivity index (χ1n) is 6.55. The van der Waals surface area contributed by atoms with E-state index in [-0.39, 0.29) is 17.9 Å². The van der Waals surface area contributed by atoms with Crippen molar-refractivity contribution in [2.45, 2.75) is 39.8 Å². The van der Waals surface area contributed by atoms with Gasteiger partial charge in [0.25, 0.3) is 0 Å². The molecule has 1 heterocycles. The van der Waals surface area contributed by atoms with Gasteiger partial charge in [0.2, 0.25) is 0 Å². The maximum Gasteiger partial charge on any atom is 0.126 e. The van der Waals surface area contributed by atoms with Crippen molar-refractivity contribution in [2.24, 2.45) is 0 Å². The number of halogens is 1. The molecule has 0 saturated heterocycles. The van der Waals surface area contributed by atoms with Gasteiger partial charge >= 0.3 is 0 Å². The Morgan fingerprint density at radius 2 is 1.79 bits per heavy atom. The zero-order valence-corrected chi connectivity index (χ0v) is 12.6. The summed E-state index contributed by atoms with van der Waals surface area (Å²) in [7, 11) is 0. The molecule has 0 amide bonds. The number of thiophene rings is 1. The maximum atomic E-state index is 13.6. The topological polar surface area (TPSA) is 12.0 Å². The first kappa shape index (κ1) is 14.2. The molecule has 0 spiro atoms. The summed E-state index contributed by atoms with van der Waals surface area (Å²) in [6.07, 6.45) is 0. The minimum absolute atomic E-state index is 0.131. The van der Waals surface area contributed by atoms with E-state index in [0.29, 0.717) is 5.56 Å². The molecule has 19 heavy (non-hydrogen) atoms. The monoisotopic (exact) mass is 277 g/mol. The lowest BCUT2D eigenvalue weighted by atomic mass is 10.0. The van der Waals surface area contributed by atoms with E-state index in [4.69, 9.17) is 0 Å². The molecule has 1 aromatic carbocycles. The summed E-state index contributed by atoms with van der Waals surface area (Å²) in [5, 5.41) is 5.64. The highest BCUT2D eigenvalue weighted by molar-refractivity contribution is 7.10. The Balaban J connectivity index is 2.10. The second-order valence-corrected chi connectivity index (χ2v) is 6.03. The van der Waals surface area contributed by atoms with Crippen LogP contribution in [-0.2, 0) is 0 Å². The van der Waals surface area contributed by atoms with Crippen LogP contribution in [0.4, 0.5) is 4.39 Å². The van der Waals surface area contributed by atoms with Gasteiger partial charge in [-0.25, -0.2) is 4.39 Å². The predicted molar refractivity (Wildman–Crippen MR) is 80.2 cm³/mol. The molecule has 0 fully saturated rings. The van der Waals surface area contributed by atoms with Gasteiger partial charge in [0.15, 0.2) is 0 Å². The Hall–Kier alpha value is -1.19. The van der Waals surface area contributed by atoms with E-state index in [2.05, 4.69) is 37.5 Å². The largest absolute Gasteiger partial charge is 0.303 e. The average molecular weight is 277 g/mol. The third kappa shape index (κ3) is 3.23.